The van der Waals surface area contributed by atoms with Crippen molar-refractivity contribution >= 4 is 27.3 Å². The van der Waals surface area contributed by atoms with Crippen LogP contribution in [0.5, 0.6) is 0 Å². The number of carbonyl (C=O) groups is 1. The first-order valence-corrected chi connectivity index (χ1v) is 11.8. The standard InChI is InChI=1S/C21H22FN3O3S2/c1-15-16(2)29-21(24-9-5-6-10-24)19(15)20(26)23-11-13-25(14-12-23)30(27,28)18-8-4-3-7-17(18)22/h3-10H,11-14H2,1-2H3. The molecule has 6 nitrogen and oxygen atoms in total. The predicted octanol–water partition coefficient (Wildman–Crippen LogP) is 3.44. The number of nitrogens with zero attached hydrogens (tertiary/aromatic N) is 3. The number of halogens is 1. The maximum atomic E-state index is 14.0. The van der Waals surface area contributed by atoms with Gasteiger partial charge in [-0.15, -0.1) is 11.3 Å². The fourth-order valence-corrected chi connectivity index (χ4v) is 6.20. The number of sulfonamides is 1. The Balaban J connectivity index is 1.55. The average molecular weight is 448 g/mol. The molecule has 1 aliphatic rings. The molecule has 3 aromatic rings. The van der Waals surface area contributed by atoms with Crippen molar-refractivity contribution in [2.75, 3.05) is 26.2 Å². The maximum absolute atomic E-state index is 14.0. The molecular weight excluding hydrogens is 425 g/mol. The summed E-state index contributed by atoms with van der Waals surface area (Å²) < 4.78 is 42.8. The third kappa shape index (κ3) is 3.57. The molecule has 0 bridgehead atoms. The minimum absolute atomic E-state index is 0.108. The minimum Gasteiger partial charge on any atom is -0.336 e. The summed E-state index contributed by atoms with van der Waals surface area (Å²) in [6.45, 7) is 4.69. The van der Waals surface area contributed by atoms with E-state index in [9.17, 15) is 17.6 Å². The third-order valence-corrected chi connectivity index (χ3v) is 8.55. The lowest BCUT2D eigenvalue weighted by atomic mass is 10.1. The molecule has 0 atom stereocenters. The minimum atomic E-state index is -3.94. The molecule has 9 heteroatoms. The number of rotatable bonds is 4. The summed E-state index contributed by atoms with van der Waals surface area (Å²) in [5.41, 5.74) is 1.59. The van der Waals surface area contributed by atoms with E-state index in [1.807, 2.05) is 42.9 Å². The second-order valence-corrected chi connectivity index (χ2v) is 10.3. The van der Waals surface area contributed by atoms with Gasteiger partial charge in [-0.25, -0.2) is 12.8 Å². The van der Waals surface area contributed by atoms with Crippen LogP contribution in [0, 0.1) is 19.7 Å². The Hall–Kier alpha value is -2.49. The van der Waals surface area contributed by atoms with Gasteiger partial charge in [0.2, 0.25) is 10.0 Å². The SMILES string of the molecule is Cc1sc(-n2cccc2)c(C(=O)N2CCN(S(=O)(=O)c3ccccc3F)CC2)c1C. The molecule has 158 valence electrons. The molecule has 0 radical (unpaired) electrons. The van der Waals surface area contributed by atoms with Crippen molar-refractivity contribution in [2.24, 2.45) is 0 Å². The second-order valence-electron chi connectivity index (χ2n) is 7.18. The van der Waals surface area contributed by atoms with E-state index in [0.717, 1.165) is 21.5 Å². The number of carbonyl (C=O) groups excluding carboxylic acids is 1. The Morgan fingerprint density at radius 3 is 2.27 bits per heavy atom. The molecule has 2 aromatic heterocycles. The highest BCUT2D eigenvalue weighted by atomic mass is 32.2. The summed E-state index contributed by atoms with van der Waals surface area (Å²) in [7, 11) is -3.94. The van der Waals surface area contributed by atoms with E-state index < -0.39 is 15.8 Å². The fraction of sp³-hybridized carbons (Fsp3) is 0.286. The lowest BCUT2D eigenvalue weighted by Gasteiger charge is -2.34. The lowest BCUT2D eigenvalue weighted by molar-refractivity contribution is 0.0697. The van der Waals surface area contributed by atoms with E-state index in [1.54, 1.807) is 16.2 Å². The van der Waals surface area contributed by atoms with Gasteiger partial charge in [-0.2, -0.15) is 4.31 Å². The number of hydrogen-bond acceptors (Lipinski definition) is 4. The summed E-state index contributed by atoms with van der Waals surface area (Å²) in [5, 5.41) is 0.862. The van der Waals surface area contributed by atoms with Crippen LogP contribution in [0.15, 0.2) is 53.7 Å². The predicted molar refractivity (Wildman–Crippen MR) is 114 cm³/mol. The van der Waals surface area contributed by atoms with E-state index in [0.29, 0.717) is 5.56 Å². The lowest BCUT2D eigenvalue weighted by Crippen LogP contribution is -2.50. The van der Waals surface area contributed by atoms with Gasteiger partial charge in [0, 0.05) is 43.4 Å². The average Bonchev–Trinajstić information content (AvgIpc) is 3.36. The van der Waals surface area contributed by atoms with Gasteiger partial charge in [-0.05, 0) is 43.7 Å². The highest BCUT2D eigenvalue weighted by Gasteiger charge is 2.33. The maximum Gasteiger partial charge on any atom is 0.257 e. The molecule has 1 aromatic carbocycles. The monoisotopic (exact) mass is 447 g/mol. The molecule has 0 aliphatic carbocycles. The van der Waals surface area contributed by atoms with Gasteiger partial charge < -0.3 is 9.47 Å². The van der Waals surface area contributed by atoms with E-state index in [1.165, 1.54) is 22.5 Å². The molecule has 0 spiro atoms. The van der Waals surface area contributed by atoms with Crippen molar-refractivity contribution in [3.05, 3.63) is 70.6 Å². The van der Waals surface area contributed by atoms with Gasteiger partial charge in [-0.3, -0.25) is 4.79 Å². The Labute approximate surface area is 179 Å². The number of hydrogen-bond donors (Lipinski definition) is 0. The van der Waals surface area contributed by atoms with Gasteiger partial charge in [-0.1, -0.05) is 12.1 Å². The first kappa shape index (κ1) is 20.8. The quantitative estimate of drug-likeness (QED) is 0.616. The Kier molecular flexibility index (Phi) is 5.52. The van der Waals surface area contributed by atoms with E-state index in [-0.39, 0.29) is 37.0 Å². The van der Waals surface area contributed by atoms with Crippen LogP contribution in [-0.2, 0) is 10.0 Å². The summed E-state index contributed by atoms with van der Waals surface area (Å²) in [6.07, 6.45) is 3.81. The molecule has 3 heterocycles. The van der Waals surface area contributed by atoms with Crippen LogP contribution in [0.3, 0.4) is 0 Å². The van der Waals surface area contributed by atoms with Crippen LogP contribution >= 0.6 is 11.3 Å². The van der Waals surface area contributed by atoms with Crippen molar-refractivity contribution in [2.45, 2.75) is 18.7 Å². The summed E-state index contributed by atoms with van der Waals surface area (Å²) in [4.78, 5) is 15.7. The van der Waals surface area contributed by atoms with Crippen LogP contribution in [0.4, 0.5) is 4.39 Å². The second kappa shape index (κ2) is 7.98. The van der Waals surface area contributed by atoms with Crippen molar-refractivity contribution in [3.8, 4) is 5.00 Å². The van der Waals surface area contributed by atoms with Crippen LogP contribution in [0.25, 0.3) is 5.00 Å². The number of thiophene rings is 1. The highest BCUT2D eigenvalue weighted by molar-refractivity contribution is 7.89. The summed E-state index contributed by atoms with van der Waals surface area (Å²) in [5.74, 6) is -0.875. The molecule has 30 heavy (non-hydrogen) atoms. The number of benzene rings is 1. The molecule has 1 aliphatic heterocycles. The van der Waals surface area contributed by atoms with Crippen LogP contribution in [-0.4, -0.2) is 54.3 Å². The molecule has 4 rings (SSSR count). The number of amides is 1. The number of aromatic nitrogens is 1. The highest BCUT2D eigenvalue weighted by Crippen LogP contribution is 2.32. The van der Waals surface area contributed by atoms with E-state index >= 15 is 0 Å². The zero-order chi connectivity index (χ0) is 21.5. The normalized spacial score (nSPS) is 15.5. The molecule has 0 saturated carbocycles. The Bertz CT molecular complexity index is 1180. The molecule has 1 amide bonds. The zero-order valence-corrected chi connectivity index (χ0v) is 18.3. The van der Waals surface area contributed by atoms with Gasteiger partial charge in [0.15, 0.2) is 0 Å². The van der Waals surface area contributed by atoms with Crippen molar-refractivity contribution in [3.63, 3.8) is 0 Å². The van der Waals surface area contributed by atoms with Crippen LogP contribution in [0.2, 0.25) is 0 Å². The van der Waals surface area contributed by atoms with Gasteiger partial charge in [0.1, 0.15) is 15.7 Å². The van der Waals surface area contributed by atoms with Gasteiger partial charge >= 0.3 is 0 Å². The van der Waals surface area contributed by atoms with Crippen molar-refractivity contribution < 1.29 is 17.6 Å². The topological polar surface area (TPSA) is 62.6 Å². The van der Waals surface area contributed by atoms with Crippen molar-refractivity contribution in [1.82, 2.24) is 13.8 Å². The Morgan fingerprint density at radius 1 is 1.00 bits per heavy atom. The van der Waals surface area contributed by atoms with Crippen LogP contribution < -0.4 is 0 Å². The Morgan fingerprint density at radius 2 is 1.63 bits per heavy atom. The van der Waals surface area contributed by atoms with Crippen LogP contribution in [0.1, 0.15) is 20.8 Å². The fourth-order valence-electron chi connectivity index (χ4n) is 3.60. The van der Waals surface area contributed by atoms with Crippen molar-refractivity contribution in [1.29, 1.82) is 0 Å². The zero-order valence-electron chi connectivity index (χ0n) is 16.7. The molecule has 1 fully saturated rings. The third-order valence-electron chi connectivity index (χ3n) is 5.40. The van der Waals surface area contributed by atoms with Gasteiger partial charge in [0.05, 0.1) is 5.56 Å². The first-order valence-electron chi connectivity index (χ1n) is 9.58. The van der Waals surface area contributed by atoms with Gasteiger partial charge in [0.25, 0.3) is 5.91 Å². The summed E-state index contributed by atoms with van der Waals surface area (Å²) >= 11 is 1.56. The smallest absolute Gasteiger partial charge is 0.257 e. The first-order chi connectivity index (χ1) is 14.3. The molecule has 1 saturated heterocycles. The molecule has 0 N–H and O–H groups in total. The number of piperazine rings is 1. The molecule has 0 unspecified atom stereocenters. The van der Waals surface area contributed by atoms with E-state index in [4.69, 9.17) is 0 Å². The van der Waals surface area contributed by atoms with E-state index in [2.05, 4.69) is 0 Å². The molecular formula is C21H22FN3O3S2. The summed E-state index contributed by atoms with van der Waals surface area (Å²) in [6, 6.07) is 9.18. The number of aryl methyl sites for hydroxylation is 1. The largest absolute Gasteiger partial charge is 0.336 e.